The van der Waals surface area contributed by atoms with E-state index >= 15 is 0 Å². The van der Waals surface area contributed by atoms with E-state index < -0.39 is 0 Å². The molecule has 0 unspecified atom stereocenters. The molecule has 0 N–H and O–H groups in total. The van der Waals surface area contributed by atoms with Crippen molar-refractivity contribution in [2.45, 2.75) is 26.6 Å². The molecule has 4 aromatic rings. The molecule has 0 saturated carbocycles. The molecule has 0 bridgehead atoms. The third-order valence-electron chi connectivity index (χ3n) is 5.68. The lowest BCUT2D eigenvalue weighted by atomic mass is 10.2. The highest BCUT2D eigenvalue weighted by Crippen LogP contribution is 2.32. The van der Waals surface area contributed by atoms with Crippen molar-refractivity contribution >= 4 is 16.9 Å². The lowest BCUT2D eigenvalue weighted by Gasteiger charge is -2.22. The summed E-state index contributed by atoms with van der Waals surface area (Å²) in [5, 5.41) is 0. The van der Waals surface area contributed by atoms with Gasteiger partial charge in [-0.25, -0.2) is 4.98 Å². The molecule has 0 fully saturated rings. The normalized spacial score (nSPS) is 12.2. The molecule has 1 aliphatic rings. The van der Waals surface area contributed by atoms with Gasteiger partial charge in [0, 0.05) is 13.1 Å². The second-order valence-electron chi connectivity index (χ2n) is 7.80. The largest absolute Gasteiger partial charge is 0.486 e. The Hall–Kier alpha value is -4.00. The van der Waals surface area contributed by atoms with Gasteiger partial charge >= 0.3 is 0 Å². The van der Waals surface area contributed by atoms with Crippen LogP contribution < -0.4 is 14.2 Å². The van der Waals surface area contributed by atoms with Crippen LogP contribution in [-0.2, 0) is 24.5 Å². The van der Waals surface area contributed by atoms with Gasteiger partial charge in [-0.3, -0.25) is 4.79 Å². The molecule has 0 spiro atoms. The van der Waals surface area contributed by atoms with Crippen LogP contribution in [-0.4, -0.2) is 33.7 Å². The van der Waals surface area contributed by atoms with E-state index in [9.17, 15) is 4.79 Å². The van der Waals surface area contributed by atoms with Gasteiger partial charge in [-0.15, -0.1) is 0 Å². The minimum Gasteiger partial charge on any atom is -0.486 e. The van der Waals surface area contributed by atoms with E-state index in [1.165, 1.54) is 0 Å². The van der Waals surface area contributed by atoms with E-state index in [4.69, 9.17) is 19.2 Å². The van der Waals surface area contributed by atoms with Gasteiger partial charge in [-0.2, -0.15) is 0 Å². The number of nitrogens with zero attached hydrogens (tertiary/aromatic N) is 3. The van der Waals surface area contributed by atoms with Crippen molar-refractivity contribution < 1.29 is 19.0 Å². The predicted molar refractivity (Wildman–Crippen MR) is 124 cm³/mol. The first kappa shape index (κ1) is 20.9. The summed E-state index contributed by atoms with van der Waals surface area (Å²) in [5.41, 5.74) is 2.75. The summed E-state index contributed by atoms with van der Waals surface area (Å²) in [7, 11) is 0. The Balaban J connectivity index is 1.36. The molecule has 5 rings (SSSR count). The lowest BCUT2D eigenvalue weighted by Crippen LogP contribution is -2.33. The minimum absolute atomic E-state index is 0.0132. The molecule has 3 aromatic carbocycles. The Bertz CT molecular complexity index is 1270. The fourth-order valence-electron chi connectivity index (χ4n) is 3.95. The molecular formula is C26H25N3O4. The summed E-state index contributed by atoms with van der Waals surface area (Å²) in [5.74, 6) is 2.95. The maximum absolute atomic E-state index is 13.3. The molecule has 7 nitrogen and oxygen atoms in total. The number of carbonyl (C=O) groups excluding carboxylic acids is 1. The SMILES string of the molecule is CCN(Cc1ccc2c(c1)OCO2)C(=O)Cn1c(COc2ccccc2)nc2ccccc21. The number of carbonyl (C=O) groups is 1. The van der Waals surface area contributed by atoms with Crippen LogP contribution in [0.15, 0.2) is 72.8 Å². The molecule has 168 valence electrons. The van der Waals surface area contributed by atoms with Crippen LogP contribution in [0.4, 0.5) is 0 Å². The zero-order chi connectivity index (χ0) is 22.6. The predicted octanol–water partition coefficient (Wildman–Crippen LogP) is 4.39. The molecule has 1 amide bonds. The summed E-state index contributed by atoms with van der Waals surface area (Å²) in [6.45, 7) is 3.77. The van der Waals surface area contributed by atoms with Crippen molar-refractivity contribution in [1.82, 2.24) is 14.5 Å². The third kappa shape index (κ3) is 4.48. The van der Waals surface area contributed by atoms with E-state index in [0.29, 0.717) is 18.9 Å². The first-order chi connectivity index (χ1) is 16.2. The highest BCUT2D eigenvalue weighted by molar-refractivity contribution is 5.81. The Kier molecular flexibility index (Phi) is 5.85. The molecule has 0 atom stereocenters. The van der Waals surface area contributed by atoms with Crippen LogP contribution >= 0.6 is 0 Å². The smallest absolute Gasteiger partial charge is 0.242 e. The zero-order valence-electron chi connectivity index (χ0n) is 18.4. The van der Waals surface area contributed by atoms with Gasteiger partial charge in [0.05, 0.1) is 11.0 Å². The number of amides is 1. The van der Waals surface area contributed by atoms with Crippen LogP contribution in [0.5, 0.6) is 17.2 Å². The highest BCUT2D eigenvalue weighted by Gasteiger charge is 2.20. The van der Waals surface area contributed by atoms with Crippen LogP contribution in [0.2, 0.25) is 0 Å². The second kappa shape index (κ2) is 9.24. The number of benzene rings is 3. The van der Waals surface area contributed by atoms with Gasteiger partial charge in [0.25, 0.3) is 0 Å². The number of fused-ring (bicyclic) bond motifs is 2. The number of para-hydroxylation sites is 3. The molecule has 0 aliphatic carbocycles. The summed E-state index contributed by atoms with van der Waals surface area (Å²) in [6, 6.07) is 23.2. The Morgan fingerprint density at radius 1 is 1.03 bits per heavy atom. The molecule has 1 aromatic heterocycles. The molecule has 33 heavy (non-hydrogen) atoms. The van der Waals surface area contributed by atoms with Crippen molar-refractivity contribution in [2.75, 3.05) is 13.3 Å². The van der Waals surface area contributed by atoms with Crippen molar-refractivity contribution in [2.24, 2.45) is 0 Å². The van der Waals surface area contributed by atoms with Crippen molar-refractivity contribution in [3.05, 3.63) is 84.2 Å². The molecule has 0 radical (unpaired) electrons. The van der Waals surface area contributed by atoms with Crippen LogP contribution in [0, 0.1) is 0 Å². The lowest BCUT2D eigenvalue weighted by molar-refractivity contribution is -0.132. The standard InChI is InChI=1S/C26H25N3O4/c1-2-28(15-19-12-13-23-24(14-19)33-18-32-23)26(30)16-29-22-11-7-6-10-21(22)27-25(29)17-31-20-8-4-3-5-9-20/h3-14H,2,15-18H2,1H3. The summed E-state index contributed by atoms with van der Waals surface area (Å²) < 4.78 is 18.7. The third-order valence-corrected chi connectivity index (χ3v) is 5.68. The number of ether oxygens (including phenoxy) is 3. The van der Waals surface area contributed by atoms with Crippen molar-refractivity contribution in [3.8, 4) is 17.2 Å². The number of likely N-dealkylation sites (N-methyl/N-ethyl adjacent to an activating group) is 1. The monoisotopic (exact) mass is 443 g/mol. The van der Waals surface area contributed by atoms with Crippen molar-refractivity contribution in [1.29, 1.82) is 0 Å². The quantitative estimate of drug-likeness (QED) is 0.404. The first-order valence-corrected chi connectivity index (χ1v) is 11.0. The van der Waals surface area contributed by atoms with Gasteiger partial charge in [0.2, 0.25) is 12.7 Å². The number of hydrogen-bond donors (Lipinski definition) is 0. The Labute approximate surface area is 192 Å². The topological polar surface area (TPSA) is 65.8 Å². The van der Waals surface area contributed by atoms with Gasteiger partial charge < -0.3 is 23.7 Å². The Morgan fingerprint density at radius 3 is 2.67 bits per heavy atom. The van der Waals surface area contributed by atoms with E-state index in [1.807, 2.05) is 89.2 Å². The average molecular weight is 444 g/mol. The fraction of sp³-hybridized carbons (Fsp3) is 0.231. The highest BCUT2D eigenvalue weighted by atomic mass is 16.7. The van der Waals surface area contributed by atoms with Crippen LogP contribution in [0.3, 0.4) is 0 Å². The minimum atomic E-state index is 0.0132. The Morgan fingerprint density at radius 2 is 1.82 bits per heavy atom. The van der Waals surface area contributed by atoms with Gasteiger partial charge in [-0.1, -0.05) is 36.4 Å². The second-order valence-corrected chi connectivity index (χ2v) is 7.80. The molecular weight excluding hydrogens is 418 g/mol. The van der Waals surface area contributed by atoms with E-state index in [1.54, 1.807) is 0 Å². The molecule has 7 heteroatoms. The zero-order valence-corrected chi connectivity index (χ0v) is 18.4. The van der Waals surface area contributed by atoms with Crippen LogP contribution in [0.25, 0.3) is 11.0 Å². The maximum Gasteiger partial charge on any atom is 0.242 e. The summed E-state index contributed by atoms with van der Waals surface area (Å²) in [6.07, 6.45) is 0. The number of aromatic nitrogens is 2. The molecule has 0 saturated heterocycles. The number of hydrogen-bond acceptors (Lipinski definition) is 5. The van der Waals surface area contributed by atoms with Crippen molar-refractivity contribution in [3.63, 3.8) is 0 Å². The summed E-state index contributed by atoms with van der Waals surface area (Å²) >= 11 is 0. The first-order valence-electron chi connectivity index (χ1n) is 11.0. The maximum atomic E-state index is 13.3. The molecule has 2 heterocycles. The molecule has 1 aliphatic heterocycles. The van der Waals surface area contributed by atoms with Crippen LogP contribution in [0.1, 0.15) is 18.3 Å². The fourth-order valence-corrected chi connectivity index (χ4v) is 3.95. The number of rotatable bonds is 8. The van der Waals surface area contributed by atoms with Gasteiger partial charge in [0.15, 0.2) is 11.5 Å². The van der Waals surface area contributed by atoms with Gasteiger partial charge in [0.1, 0.15) is 24.7 Å². The van der Waals surface area contributed by atoms with E-state index in [-0.39, 0.29) is 25.9 Å². The van der Waals surface area contributed by atoms with Gasteiger partial charge in [-0.05, 0) is 48.9 Å². The number of imidazole rings is 1. The van der Waals surface area contributed by atoms with E-state index in [2.05, 4.69) is 0 Å². The summed E-state index contributed by atoms with van der Waals surface area (Å²) in [4.78, 5) is 19.9. The average Bonchev–Trinajstić information content (AvgIpc) is 3.46. The van der Waals surface area contributed by atoms with E-state index in [0.717, 1.165) is 33.8 Å².